The Balaban J connectivity index is 1.13. The first-order chi connectivity index (χ1) is 25.2. The highest BCUT2D eigenvalue weighted by atomic mass is 16.4. The number of aromatic nitrogens is 4. The number of fused-ring (bicyclic) bond motifs is 10. The predicted molar refractivity (Wildman–Crippen MR) is 201 cm³/mol. The second-order valence-electron chi connectivity index (χ2n) is 12.6. The van der Waals surface area contributed by atoms with Crippen molar-refractivity contribution >= 4 is 65.7 Å². The molecule has 7 aromatic carbocycles. The molecule has 0 N–H and O–H groups in total. The van der Waals surface area contributed by atoms with Crippen LogP contribution >= 0.6 is 0 Å². The van der Waals surface area contributed by atoms with Crippen LogP contribution in [0.15, 0.2) is 159 Å². The van der Waals surface area contributed by atoms with Crippen LogP contribution in [-0.2, 0) is 0 Å². The molecule has 0 aliphatic carbocycles. The van der Waals surface area contributed by atoms with E-state index >= 15 is 0 Å². The molecular weight excluding hydrogens is 633 g/mol. The van der Waals surface area contributed by atoms with Crippen molar-refractivity contribution in [3.05, 3.63) is 146 Å². The van der Waals surface area contributed by atoms with Crippen molar-refractivity contribution < 1.29 is 13.3 Å². The molecule has 4 aromatic heterocycles. The molecule has 0 radical (unpaired) electrons. The summed E-state index contributed by atoms with van der Waals surface area (Å²) >= 11 is 0. The van der Waals surface area contributed by atoms with Crippen LogP contribution < -0.4 is 0 Å². The van der Waals surface area contributed by atoms with Gasteiger partial charge in [0.1, 0.15) is 27.8 Å². The maximum Gasteiger partial charge on any atom is 0.227 e. The predicted octanol–water partition coefficient (Wildman–Crippen LogP) is 11.6. The van der Waals surface area contributed by atoms with Crippen LogP contribution in [0.3, 0.4) is 0 Å². The molecule has 0 saturated carbocycles. The Hall–Kier alpha value is -7.12. The Morgan fingerprint density at radius 1 is 0.353 bits per heavy atom. The van der Waals surface area contributed by atoms with Crippen LogP contribution in [0, 0.1) is 0 Å². The number of rotatable bonds is 4. The zero-order valence-corrected chi connectivity index (χ0v) is 26.9. The summed E-state index contributed by atoms with van der Waals surface area (Å²) in [5.41, 5.74) is 8.11. The average molecular weight is 657 g/mol. The number of benzene rings is 7. The van der Waals surface area contributed by atoms with E-state index in [1.54, 1.807) is 0 Å². The number of para-hydroxylation sites is 1. The minimum atomic E-state index is 0.560. The summed E-state index contributed by atoms with van der Waals surface area (Å²) in [7, 11) is 0. The standard InChI is InChI=1S/C44H24N4O3/c1-3-9-26(10-4-1)41-46-42(48-43(47-41)29-17-19-31-30-13-7-8-14-34(30)49-37(31)24-29)28-16-15-25-18-21-35-38(32(25)23-28)39-36(50-35)22-20-33-40(39)51-44(45-33)27-11-5-2-6-12-27/h1-24H. The minimum Gasteiger partial charge on any atom is -0.456 e. The van der Waals surface area contributed by atoms with E-state index in [1.165, 1.54) is 0 Å². The van der Waals surface area contributed by atoms with E-state index in [0.29, 0.717) is 28.9 Å². The van der Waals surface area contributed by atoms with Gasteiger partial charge in [-0.25, -0.2) is 19.9 Å². The van der Waals surface area contributed by atoms with Crippen molar-refractivity contribution in [2.45, 2.75) is 0 Å². The Kier molecular flexibility index (Phi) is 5.83. The highest BCUT2D eigenvalue weighted by molar-refractivity contribution is 6.25. The van der Waals surface area contributed by atoms with Gasteiger partial charge >= 0.3 is 0 Å². The molecule has 7 nitrogen and oxygen atoms in total. The normalized spacial score (nSPS) is 11.9. The third-order valence-electron chi connectivity index (χ3n) is 9.56. The molecule has 0 fully saturated rings. The molecule has 0 bridgehead atoms. The number of oxazole rings is 1. The highest BCUT2D eigenvalue weighted by Gasteiger charge is 2.20. The second kappa shape index (κ2) is 10.7. The van der Waals surface area contributed by atoms with E-state index in [2.05, 4.69) is 36.4 Å². The molecule has 0 aliphatic heterocycles. The van der Waals surface area contributed by atoms with E-state index in [4.69, 9.17) is 33.2 Å². The minimum absolute atomic E-state index is 0.560. The highest BCUT2D eigenvalue weighted by Crippen LogP contribution is 2.41. The van der Waals surface area contributed by atoms with Crippen molar-refractivity contribution in [2.24, 2.45) is 0 Å². The Morgan fingerprint density at radius 2 is 0.961 bits per heavy atom. The quantitative estimate of drug-likeness (QED) is 0.186. The van der Waals surface area contributed by atoms with E-state index in [1.807, 2.05) is 109 Å². The van der Waals surface area contributed by atoms with E-state index < -0.39 is 0 Å². The molecule has 11 aromatic rings. The van der Waals surface area contributed by atoms with Gasteiger partial charge in [-0.3, -0.25) is 0 Å². The summed E-state index contributed by atoms with van der Waals surface area (Å²) in [5, 5.41) is 6.03. The number of furan rings is 2. The van der Waals surface area contributed by atoms with Gasteiger partial charge in [0.15, 0.2) is 23.1 Å². The molecule has 238 valence electrons. The van der Waals surface area contributed by atoms with Crippen LogP contribution in [-0.4, -0.2) is 19.9 Å². The zero-order valence-electron chi connectivity index (χ0n) is 26.9. The zero-order chi connectivity index (χ0) is 33.5. The summed E-state index contributed by atoms with van der Waals surface area (Å²) in [6, 6.07) is 48.4. The lowest BCUT2D eigenvalue weighted by Gasteiger charge is -2.09. The molecule has 51 heavy (non-hydrogen) atoms. The van der Waals surface area contributed by atoms with Gasteiger partial charge in [-0.1, -0.05) is 91.0 Å². The summed E-state index contributed by atoms with van der Waals surface area (Å²) in [4.78, 5) is 19.9. The third kappa shape index (κ3) is 4.38. The molecule has 7 heteroatoms. The molecule has 0 aliphatic rings. The van der Waals surface area contributed by atoms with Crippen molar-refractivity contribution in [1.29, 1.82) is 0 Å². The van der Waals surface area contributed by atoms with Gasteiger partial charge in [0.05, 0.1) is 5.39 Å². The van der Waals surface area contributed by atoms with E-state index in [9.17, 15) is 0 Å². The summed E-state index contributed by atoms with van der Waals surface area (Å²) < 4.78 is 19.1. The van der Waals surface area contributed by atoms with Gasteiger partial charge in [0.25, 0.3) is 0 Å². The lowest BCUT2D eigenvalue weighted by Crippen LogP contribution is -2.00. The van der Waals surface area contributed by atoms with Gasteiger partial charge in [-0.15, -0.1) is 0 Å². The van der Waals surface area contributed by atoms with Gasteiger partial charge in [0, 0.05) is 38.4 Å². The first kappa shape index (κ1) is 27.8. The lowest BCUT2D eigenvalue weighted by molar-refractivity contribution is 0.622. The topological polar surface area (TPSA) is 91.0 Å². The largest absolute Gasteiger partial charge is 0.456 e. The van der Waals surface area contributed by atoms with Gasteiger partial charge in [-0.05, 0) is 65.4 Å². The van der Waals surface area contributed by atoms with Crippen molar-refractivity contribution in [3.8, 4) is 45.6 Å². The number of nitrogens with zero attached hydrogens (tertiary/aromatic N) is 4. The first-order valence-electron chi connectivity index (χ1n) is 16.7. The maximum absolute atomic E-state index is 6.47. The van der Waals surface area contributed by atoms with Gasteiger partial charge < -0.3 is 13.3 Å². The summed E-state index contributed by atoms with van der Waals surface area (Å²) in [6.45, 7) is 0. The molecule has 0 saturated heterocycles. The lowest BCUT2D eigenvalue weighted by atomic mass is 10.0. The molecule has 4 heterocycles. The Morgan fingerprint density at radius 3 is 1.78 bits per heavy atom. The molecule has 0 amide bonds. The van der Waals surface area contributed by atoms with E-state index in [-0.39, 0.29) is 0 Å². The average Bonchev–Trinajstić information content (AvgIpc) is 3.91. The fourth-order valence-electron chi connectivity index (χ4n) is 7.12. The third-order valence-corrected chi connectivity index (χ3v) is 9.56. The fourth-order valence-corrected chi connectivity index (χ4v) is 7.12. The molecule has 11 rings (SSSR count). The van der Waals surface area contributed by atoms with Crippen LogP contribution in [0.2, 0.25) is 0 Å². The van der Waals surface area contributed by atoms with Crippen LogP contribution in [0.25, 0.3) is 111 Å². The van der Waals surface area contributed by atoms with Gasteiger partial charge in [-0.2, -0.15) is 0 Å². The Bertz CT molecular complexity index is 3140. The molecule has 0 unspecified atom stereocenters. The van der Waals surface area contributed by atoms with Crippen LogP contribution in [0.1, 0.15) is 0 Å². The first-order valence-corrected chi connectivity index (χ1v) is 16.7. The van der Waals surface area contributed by atoms with Crippen LogP contribution in [0.4, 0.5) is 0 Å². The van der Waals surface area contributed by atoms with Crippen molar-refractivity contribution in [3.63, 3.8) is 0 Å². The van der Waals surface area contributed by atoms with Gasteiger partial charge in [0.2, 0.25) is 5.89 Å². The SMILES string of the molecule is c1ccc(-c2nc(-c3ccc4c(c3)oc3ccccc34)nc(-c3ccc4ccc5oc6ccc7nc(-c8ccccc8)oc7c6c5c4c3)n2)cc1. The van der Waals surface area contributed by atoms with Crippen LogP contribution in [0.5, 0.6) is 0 Å². The second-order valence-corrected chi connectivity index (χ2v) is 12.6. The van der Waals surface area contributed by atoms with Crippen molar-refractivity contribution in [1.82, 2.24) is 19.9 Å². The molecule has 0 atom stereocenters. The summed E-state index contributed by atoms with van der Waals surface area (Å²) in [5.74, 6) is 2.28. The smallest absolute Gasteiger partial charge is 0.227 e. The number of hydrogen-bond donors (Lipinski definition) is 0. The number of hydrogen-bond acceptors (Lipinski definition) is 7. The van der Waals surface area contributed by atoms with Crippen molar-refractivity contribution in [2.75, 3.05) is 0 Å². The molecular formula is C44H24N4O3. The fraction of sp³-hybridized carbons (Fsp3) is 0. The Labute approximate surface area is 289 Å². The van der Waals surface area contributed by atoms with E-state index in [0.717, 1.165) is 82.4 Å². The monoisotopic (exact) mass is 656 g/mol. The maximum atomic E-state index is 6.47. The summed E-state index contributed by atoms with van der Waals surface area (Å²) in [6.07, 6.45) is 0. The molecule has 0 spiro atoms.